The Morgan fingerprint density at radius 3 is 2.77 bits per heavy atom. The molecule has 0 saturated heterocycles. The SMILES string of the molecule is Nc1nc(-c2ccco2)c2nnn(Cc3ccc4ccccc4n3)c2n1. The van der Waals surface area contributed by atoms with Crippen LogP contribution in [-0.2, 0) is 6.54 Å². The molecule has 8 nitrogen and oxygen atoms in total. The largest absolute Gasteiger partial charge is 0.463 e. The van der Waals surface area contributed by atoms with Crippen molar-refractivity contribution in [1.82, 2.24) is 29.9 Å². The molecule has 5 aromatic rings. The predicted molar refractivity (Wildman–Crippen MR) is 96.1 cm³/mol. The van der Waals surface area contributed by atoms with Gasteiger partial charge in [-0.1, -0.05) is 29.5 Å². The van der Waals surface area contributed by atoms with Crippen LogP contribution in [0.5, 0.6) is 0 Å². The molecule has 8 heteroatoms. The van der Waals surface area contributed by atoms with Crippen LogP contribution in [0.3, 0.4) is 0 Å². The van der Waals surface area contributed by atoms with E-state index in [9.17, 15) is 0 Å². The van der Waals surface area contributed by atoms with Crippen LogP contribution in [0.2, 0.25) is 0 Å². The molecule has 2 N–H and O–H groups in total. The lowest BCUT2D eigenvalue weighted by Gasteiger charge is -2.04. The molecule has 0 saturated carbocycles. The first kappa shape index (κ1) is 14.5. The van der Waals surface area contributed by atoms with Crippen LogP contribution in [0.25, 0.3) is 33.5 Å². The molecule has 0 bridgehead atoms. The zero-order chi connectivity index (χ0) is 17.5. The molecule has 0 unspecified atom stereocenters. The third kappa shape index (κ3) is 2.35. The van der Waals surface area contributed by atoms with Gasteiger partial charge >= 0.3 is 0 Å². The molecular weight excluding hydrogens is 330 g/mol. The van der Waals surface area contributed by atoms with Gasteiger partial charge in [0.2, 0.25) is 5.95 Å². The van der Waals surface area contributed by atoms with Crippen LogP contribution >= 0.6 is 0 Å². The van der Waals surface area contributed by atoms with Gasteiger partial charge in [0, 0.05) is 5.39 Å². The molecule has 0 aliphatic carbocycles. The van der Waals surface area contributed by atoms with E-state index in [4.69, 9.17) is 10.2 Å². The van der Waals surface area contributed by atoms with Crippen LogP contribution < -0.4 is 5.73 Å². The lowest BCUT2D eigenvalue weighted by molar-refractivity contribution is 0.580. The predicted octanol–water partition coefficient (Wildman–Crippen LogP) is 2.66. The van der Waals surface area contributed by atoms with Crippen molar-refractivity contribution in [2.24, 2.45) is 0 Å². The van der Waals surface area contributed by atoms with E-state index < -0.39 is 0 Å². The minimum atomic E-state index is 0.138. The van der Waals surface area contributed by atoms with Gasteiger partial charge in [-0.2, -0.15) is 4.98 Å². The number of para-hydroxylation sites is 1. The summed E-state index contributed by atoms with van der Waals surface area (Å²) in [5, 5.41) is 9.52. The van der Waals surface area contributed by atoms with Crippen molar-refractivity contribution < 1.29 is 4.42 Å². The topological polar surface area (TPSA) is 109 Å². The molecule has 1 aromatic carbocycles. The molecule has 5 rings (SSSR count). The number of nitrogen functional groups attached to an aromatic ring is 1. The van der Waals surface area contributed by atoms with Crippen LogP contribution in [0, 0.1) is 0 Å². The van der Waals surface area contributed by atoms with Crippen molar-refractivity contribution in [1.29, 1.82) is 0 Å². The molecular formula is C18H13N7O. The summed E-state index contributed by atoms with van der Waals surface area (Å²) in [6.45, 7) is 0.426. The number of aromatic nitrogens is 6. The summed E-state index contributed by atoms with van der Waals surface area (Å²) in [6, 6.07) is 15.5. The van der Waals surface area contributed by atoms with Crippen molar-refractivity contribution in [2.45, 2.75) is 6.54 Å². The fourth-order valence-electron chi connectivity index (χ4n) is 2.91. The zero-order valence-electron chi connectivity index (χ0n) is 13.6. The number of pyridine rings is 1. The number of furan rings is 1. The summed E-state index contributed by atoms with van der Waals surface area (Å²) in [7, 11) is 0. The average molecular weight is 343 g/mol. The minimum absolute atomic E-state index is 0.138. The van der Waals surface area contributed by atoms with E-state index in [0.29, 0.717) is 29.2 Å². The van der Waals surface area contributed by atoms with Gasteiger partial charge < -0.3 is 10.2 Å². The van der Waals surface area contributed by atoms with E-state index in [-0.39, 0.29) is 5.95 Å². The maximum atomic E-state index is 5.88. The summed E-state index contributed by atoms with van der Waals surface area (Å²) in [5.41, 5.74) is 9.26. The Morgan fingerprint density at radius 2 is 1.88 bits per heavy atom. The summed E-state index contributed by atoms with van der Waals surface area (Å²) in [5.74, 6) is 0.707. The summed E-state index contributed by atoms with van der Waals surface area (Å²) in [6.07, 6.45) is 1.57. The fraction of sp³-hybridized carbons (Fsp3) is 0.0556. The summed E-state index contributed by atoms with van der Waals surface area (Å²) < 4.78 is 7.09. The standard InChI is InChI=1S/C18H13N7O/c19-18-21-15(14-6-3-9-26-14)16-17(22-18)25(24-23-16)10-12-8-7-11-4-1-2-5-13(11)20-12/h1-9H,10H2,(H2,19,21,22). The van der Waals surface area contributed by atoms with E-state index in [2.05, 4.69) is 25.3 Å². The Hall–Kier alpha value is -3.81. The molecule has 0 atom stereocenters. The quantitative estimate of drug-likeness (QED) is 0.536. The zero-order valence-corrected chi connectivity index (χ0v) is 13.6. The number of rotatable bonds is 3. The number of hydrogen-bond donors (Lipinski definition) is 1. The number of fused-ring (bicyclic) bond motifs is 2. The maximum absolute atomic E-state index is 5.88. The van der Waals surface area contributed by atoms with Gasteiger partial charge in [-0.3, -0.25) is 4.98 Å². The molecule has 126 valence electrons. The number of anilines is 1. The van der Waals surface area contributed by atoms with Gasteiger partial charge in [0.1, 0.15) is 5.69 Å². The average Bonchev–Trinajstić information content (AvgIpc) is 3.32. The minimum Gasteiger partial charge on any atom is -0.463 e. The number of nitrogens with zero attached hydrogens (tertiary/aromatic N) is 6. The molecule has 0 radical (unpaired) electrons. The van der Waals surface area contributed by atoms with Gasteiger partial charge in [0.15, 0.2) is 16.9 Å². The Labute approximate surface area is 147 Å². The number of benzene rings is 1. The van der Waals surface area contributed by atoms with Crippen LogP contribution in [0.4, 0.5) is 5.95 Å². The van der Waals surface area contributed by atoms with Crippen molar-refractivity contribution in [3.05, 3.63) is 60.5 Å². The molecule has 26 heavy (non-hydrogen) atoms. The van der Waals surface area contributed by atoms with Gasteiger partial charge in [-0.05, 0) is 24.3 Å². The van der Waals surface area contributed by atoms with Crippen molar-refractivity contribution in [3.8, 4) is 11.5 Å². The van der Waals surface area contributed by atoms with Crippen molar-refractivity contribution >= 4 is 28.0 Å². The highest BCUT2D eigenvalue weighted by Gasteiger charge is 2.17. The van der Waals surface area contributed by atoms with E-state index >= 15 is 0 Å². The number of hydrogen-bond acceptors (Lipinski definition) is 7. The normalized spacial score (nSPS) is 11.4. The molecule has 0 spiro atoms. The second kappa shape index (κ2) is 5.62. The first-order chi connectivity index (χ1) is 12.8. The number of nitrogens with two attached hydrogens (primary N) is 1. The van der Waals surface area contributed by atoms with Gasteiger partial charge in [-0.25, -0.2) is 9.67 Å². The lowest BCUT2D eigenvalue weighted by Crippen LogP contribution is -2.06. The van der Waals surface area contributed by atoms with Gasteiger partial charge in [-0.15, -0.1) is 5.10 Å². The molecule has 0 aliphatic rings. The van der Waals surface area contributed by atoms with E-state index in [1.807, 2.05) is 36.4 Å². The van der Waals surface area contributed by atoms with E-state index in [1.165, 1.54) is 0 Å². The molecule has 4 heterocycles. The molecule has 0 fully saturated rings. The second-order valence-electron chi connectivity index (χ2n) is 5.82. The third-order valence-corrected chi connectivity index (χ3v) is 4.10. The van der Waals surface area contributed by atoms with Gasteiger partial charge in [0.05, 0.1) is 24.0 Å². The second-order valence-corrected chi connectivity index (χ2v) is 5.82. The Bertz CT molecular complexity index is 1230. The fourth-order valence-corrected chi connectivity index (χ4v) is 2.91. The van der Waals surface area contributed by atoms with Crippen LogP contribution in [0.15, 0.2) is 59.2 Å². The van der Waals surface area contributed by atoms with Crippen LogP contribution in [0.1, 0.15) is 5.69 Å². The first-order valence-corrected chi connectivity index (χ1v) is 8.03. The van der Waals surface area contributed by atoms with Crippen molar-refractivity contribution in [2.75, 3.05) is 5.73 Å². The Balaban J connectivity index is 1.61. The highest BCUT2D eigenvalue weighted by Crippen LogP contribution is 2.25. The molecule has 0 amide bonds. The summed E-state index contributed by atoms with van der Waals surface area (Å²) >= 11 is 0. The lowest BCUT2D eigenvalue weighted by atomic mass is 10.2. The first-order valence-electron chi connectivity index (χ1n) is 8.03. The summed E-state index contributed by atoms with van der Waals surface area (Å²) in [4.78, 5) is 13.2. The monoisotopic (exact) mass is 343 g/mol. The van der Waals surface area contributed by atoms with E-state index in [1.54, 1.807) is 23.1 Å². The van der Waals surface area contributed by atoms with Crippen molar-refractivity contribution in [3.63, 3.8) is 0 Å². The highest BCUT2D eigenvalue weighted by molar-refractivity contribution is 5.86. The Morgan fingerprint density at radius 1 is 0.962 bits per heavy atom. The third-order valence-electron chi connectivity index (χ3n) is 4.10. The van der Waals surface area contributed by atoms with E-state index in [0.717, 1.165) is 16.6 Å². The van der Waals surface area contributed by atoms with Gasteiger partial charge in [0.25, 0.3) is 0 Å². The highest BCUT2D eigenvalue weighted by atomic mass is 16.3. The smallest absolute Gasteiger partial charge is 0.222 e. The Kier molecular flexibility index (Phi) is 3.14. The maximum Gasteiger partial charge on any atom is 0.222 e. The molecule has 4 aromatic heterocycles. The molecule has 0 aliphatic heterocycles. The van der Waals surface area contributed by atoms with Crippen LogP contribution in [-0.4, -0.2) is 29.9 Å².